The Morgan fingerprint density at radius 2 is 1.81 bits per heavy atom. The van der Waals surface area contributed by atoms with E-state index in [1.807, 2.05) is 7.11 Å². The molecule has 1 heteroatoms. The molecule has 8 atom stereocenters. The fourth-order valence-corrected chi connectivity index (χ4v) is 9.60. The van der Waals surface area contributed by atoms with E-state index in [1.165, 1.54) is 63.4 Å². The second kappa shape index (κ2) is 8.34. The first kappa shape index (κ1) is 23.6. The Labute approximate surface area is 193 Å². The van der Waals surface area contributed by atoms with Crippen molar-refractivity contribution in [3.8, 4) is 0 Å². The average Bonchev–Trinajstić information content (AvgIpc) is 3.04. The van der Waals surface area contributed by atoms with Gasteiger partial charge in [0.1, 0.15) is 0 Å². The zero-order valence-corrected chi connectivity index (χ0v) is 21.9. The lowest BCUT2D eigenvalue weighted by atomic mass is 9.44. The van der Waals surface area contributed by atoms with Crippen LogP contribution in [0.3, 0.4) is 0 Å². The predicted octanol–water partition coefficient (Wildman–Crippen LogP) is 8.60. The van der Waals surface area contributed by atoms with Crippen molar-refractivity contribution < 1.29 is 4.74 Å². The van der Waals surface area contributed by atoms with Gasteiger partial charge in [0, 0.05) is 12.5 Å². The van der Waals surface area contributed by atoms with E-state index in [0.29, 0.717) is 16.9 Å². The predicted molar refractivity (Wildman–Crippen MR) is 133 cm³/mol. The molecule has 8 unspecified atom stereocenters. The molecule has 0 aliphatic heterocycles. The summed E-state index contributed by atoms with van der Waals surface area (Å²) in [6.45, 7) is 17.3. The van der Waals surface area contributed by atoms with Crippen LogP contribution in [-0.4, -0.2) is 13.2 Å². The first-order chi connectivity index (χ1) is 14.6. The number of ether oxygens (including phenoxy) is 1. The zero-order valence-electron chi connectivity index (χ0n) is 21.9. The quantitative estimate of drug-likeness (QED) is 0.400. The van der Waals surface area contributed by atoms with Crippen molar-refractivity contribution >= 4 is 0 Å². The molecule has 0 aromatic carbocycles. The Morgan fingerprint density at radius 3 is 2.48 bits per heavy atom. The molecule has 4 aliphatic rings. The number of fused-ring (bicyclic) bond motifs is 5. The second-order valence-electron chi connectivity index (χ2n) is 13.2. The molecule has 3 saturated carbocycles. The molecule has 0 heterocycles. The van der Waals surface area contributed by atoms with Gasteiger partial charge in [-0.15, -0.1) is 0 Å². The molecule has 0 amide bonds. The maximum Gasteiger partial charge on any atom is 0.0659 e. The van der Waals surface area contributed by atoms with Crippen LogP contribution in [0, 0.1) is 45.8 Å². The third kappa shape index (κ3) is 3.70. The molecule has 1 nitrogen and oxygen atoms in total. The second-order valence-corrected chi connectivity index (χ2v) is 13.2. The zero-order chi connectivity index (χ0) is 22.6. The fraction of sp³-hybridized carbons (Fsp3) is 0.867. The average molecular weight is 427 g/mol. The number of allylic oxidation sites excluding steroid dienone is 3. The van der Waals surface area contributed by atoms with Crippen LogP contribution < -0.4 is 0 Å². The lowest BCUT2D eigenvalue weighted by Gasteiger charge is -2.61. The van der Waals surface area contributed by atoms with Crippen molar-refractivity contribution in [1.82, 2.24) is 0 Å². The van der Waals surface area contributed by atoms with E-state index in [0.717, 1.165) is 29.6 Å². The molecule has 0 N–H and O–H groups in total. The van der Waals surface area contributed by atoms with Crippen LogP contribution in [-0.2, 0) is 4.74 Å². The van der Waals surface area contributed by atoms with Crippen LogP contribution >= 0.6 is 0 Å². The largest absolute Gasteiger partial charge is 0.381 e. The Balaban J connectivity index is 1.56. The van der Waals surface area contributed by atoms with E-state index in [2.05, 4.69) is 60.6 Å². The molecular weight excluding hydrogens is 376 g/mol. The molecule has 0 spiro atoms. The monoisotopic (exact) mass is 426 g/mol. The van der Waals surface area contributed by atoms with Gasteiger partial charge in [0.05, 0.1) is 6.10 Å². The number of methoxy groups -OCH3 is 1. The minimum absolute atomic E-state index is 0.186. The van der Waals surface area contributed by atoms with Gasteiger partial charge in [0.25, 0.3) is 0 Å². The highest BCUT2D eigenvalue weighted by molar-refractivity contribution is 5.31. The summed E-state index contributed by atoms with van der Waals surface area (Å²) in [7, 11) is 1.92. The summed E-state index contributed by atoms with van der Waals surface area (Å²) in [4.78, 5) is 0. The topological polar surface area (TPSA) is 9.23 Å². The maximum atomic E-state index is 5.96. The molecule has 31 heavy (non-hydrogen) atoms. The van der Waals surface area contributed by atoms with E-state index in [4.69, 9.17) is 4.74 Å². The summed E-state index contributed by atoms with van der Waals surface area (Å²) in [5.41, 5.74) is 4.38. The maximum absolute atomic E-state index is 5.96. The van der Waals surface area contributed by atoms with Crippen LogP contribution in [0.5, 0.6) is 0 Å². The van der Waals surface area contributed by atoms with E-state index in [9.17, 15) is 0 Å². The van der Waals surface area contributed by atoms with Gasteiger partial charge in [-0.05, 0) is 112 Å². The number of hydrogen-bond donors (Lipinski definition) is 0. The van der Waals surface area contributed by atoms with Gasteiger partial charge >= 0.3 is 0 Å². The molecule has 0 saturated heterocycles. The van der Waals surface area contributed by atoms with Gasteiger partial charge in [-0.1, -0.05) is 57.9 Å². The third-order valence-electron chi connectivity index (χ3n) is 11.1. The lowest BCUT2D eigenvalue weighted by Crippen LogP contribution is -2.54. The van der Waals surface area contributed by atoms with Crippen LogP contribution in [0.25, 0.3) is 0 Å². The molecule has 0 bridgehead atoms. The standard InChI is InChI=1S/C30H50O/c1-20(2)10-9-11-21(3)23-13-14-24-22-12-15-26-28(4,5)27(31-8)17-19-30(26,7)25(22)16-18-29(23,24)6/h10,15,21-25,27H,9,11-14,16-19H2,1-8H3. The highest BCUT2D eigenvalue weighted by Crippen LogP contribution is 2.69. The fourth-order valence-electron chi connectivity index (χ4n) is 9.60. The third-order valence-corrected chi connectivity index (χ3v) is 11.1. The van der Waals surface area contributed by atoms with Crippen molar-refractivity contribution in [2.24, 2.45) is 45.8 Å². The minimum atomic E-state index is 0.186. The summed E-state index contributed by atoms with van der Waals surface area (Å²) < 4.78 is 5.96. The number of hydrogen-bond acceptors (Lipinski definition) is 1. The van der Waals surface area contributed by atoms with E-state index >= 15 is 0 Å². The smallest absolute Gasteiger partial charge is 0.0659 e. The summed E-state index contributed by atoms with van der Waals surface area (Å²) in [5.74, 6) is 4.55. The van der Waals surface area contributed by atoms with Gasteiger partial charge in [0.15, 0.2) is 0 Å². The summed E-state index contributed by atoms with van der Waals surface area (Å²) >= 11 is 0. The molecule has 0 aromatic rings. The van der Waals surface area contributed by atoms with E-state index < -0.39 is 0 Å². The molecule has 3 fully saturated rings. The normalized spacial score (nSPS) is 44.5. The Hall–Kier alpha value is -0.560. The molecule has 0 radical (unpaired) electrons. The van der Waals surface area contributed by atoms with E-state index in [1.54, 1.807) is 5.57 Å². The van der Waals surface area contributed by atoms with Crippen molar-refractivity contribution in [1.29, 1.82) is 0 Å². The van der Waals surface area contributed by atoms with Gasteiger partial charge in [-0.3, -0.25) is 0 Å². The number of rotatable bonds is 5. The molecule has 176 valence electrons. The first-order valence-electron chi connectivity index (χ1n) is 13.4. The summed E-state index contributed by atoms with van der Waals surface area (Å²) in [6.07, 6.45) is 18.0. The molecule has 4 rings (SSSR count). The summed E-state index contributed by atoms with van der Waals surface area (Å²) in [5, 5.41) is 0. The molecule has 4 aliphatic carbocycles. The van der Waals surface area contributed by atoms with Crippen molar-refractivity contribution in [3.63, 3.8) is 0 Å². The van der Waals surface area contributed by atoms with Crippen molar-refractivity contribution in [2.45, 2.75) is 112 Å². The molecular formula is C30H50O. The minimum Gasteiger partial charge on any atom is -0.381 e. The SMILES string of the molecule is COC1CCC2(C)C(=CCC3C2CCC2(C)C(C(C)CCC=C(C)C)CCC32)C1(C)C. The van der Waals surface area contributed by atoms with Gasteiger partial charge in [0.2, 0.25) is 0 Å². The van der Waals surface area contributed by atoms with Gasteiger partial charge < -0.3 is 4.74 Å². The van der Waals surface area contributed by atoms with Crippen molar-refractivity contribution in [2.75, 3.05) is 7.11 Å². The molecule has 0 aromatic heterocycles. The Kier molecular flexibility index (Phi) is 6.35. The summed E-state index contributed by atoms with van der Waals surface area (Å²) in [6, 6.07) is 0. The van der Waals surface area contributed by atoms with E-state index in [-0.39, 0.29) is 5.41 Å². The van der Waals surface area contributed by atoms with Crippen LogP contribution in [0.4, 0.5) is 0 Å². The Bertz CT molecular complexity index is 725. The lowest BCUT2D eigenvalue weighted by molar-refractivity contribution is -0.0860. The van der Waals surface area contributed by atoms with Crippen LogP contribution in [0.1, 0.15) is 106 Å². The van der Waals surface area contributed by atoms with Gasteiger partial charge in [-0.2, -0.15) is 0 Å². The highest BCUT2D eigenvalue weighted by atomic mass is 16.5. The first-order valence-corrected chi connectivity index (χ1v) is 13.4. The van der Waals surface area contributed by atoms with Crippen LogP contribution in [0.2, 0.25) is 0 Å². The Morgan fingerprint density at radius 1 is 1.06 bits per heavy atom. The van der Waals surface area contributed by atoms with Crippen molar-refractivity contribution in [3.05, 3.63) is 23.3 Å². The van der Waals surface area contributed by atoms with Crippen LogP contribution in [0.15, 0.2) is 23.3 Å². The van der Waals surface area contributed by atoms with Gasteiger partial charge in [-0.25, -0.2) is 0 Å². The highest BCUT2D eigenvalue weighted by Gasteiger charge is 2.61.